The first-order valence-electron chi connectivity index (χ1n) is 3.61. The molecule has 2 heteroatoms. The van der Waals surface area contributed by atoms with Crippen LogP contribution in [0.1, 0.15) is 18.1 Å². The zero-order valence-corrected chi connectivity index (χ0v) is 8.74. The second-order valence-corrected chi connectivity index (χ2v) is 3.40. The van der Waals surface area contributed by atoms with E-state index in [2.05, 4.69) is 28.9 Å². The summed E-state index contributed by atoms with van der Waals surface area (Å²) >= 11 is 9.26. The van der Waals surface area contributed by atoms with Gasteiger partial charge in [0.05, 0.1) is 0 Å². The highest BCUT2D eigenvalue weighted by Crippen LogP contribution is 2.18. The first-order valence-corrected chi connectivity index (χ1v) is 5.11. The second kappa shape index (κ2) is 4.13. The van der Waals surface area contributed by atoms with Gasteiger partial charge in [0, 0.05) is 10.4 Å². The van der Waals surface area contributed by atoms with Gasteiger partial charge in [0.2, 0.25) is 0 Å². The fourth-order valence-corrected chi connectivity index (χ4v) is 1.78. The SMILES string of the molecule is CCc1ccc(Cl)cc1CBr. The van der Waals surface area contributed by atoms with Gasteiger partial charge < -0.3 is 0 Å². The molecule has 0 unspecified atom stereocenters. The zero-order chi connectivity index (χ0) is 8.27. The molecule has 0 nitrogen and oxygen atoms in total. The fourth-order valence-electron chi connectivity index (χ4n) is 1.06. The lowest BCUT2D eigenvalue weighted by Gasteiger charge is -2.03. The first kappa shape index (κ1) is 9.08. The Hall–Kier alpha value is -0.0100. The lowest BCUT2D eigenvalue weighted by Crippen LogP contribution is -1.87. The topological polar surface area (TPSA) is 0 Å². The van der Waals surface area contributed by atoms with E-state index in [-0.39, 0.29) is 0 Å². The van der Waals surface area contributed by atoms with Crippen molar-refractivity contribution in [2.75, 3.05) is 0 Å². The Kier molecular flexibility index (Phi) is 3.41. The molecule has 0 amide bonds. The molecule has 0 saturated carbocycles. The summed E-state index contributed by atoms with van der Waals surface area (Å²) in [6.07, 6.45) is 1.07. The third-order valence-corrected chi connectivity index (χ3v) is 2.53. The maximum Gasteiger partial charge on any atom is 0.0409 e. The zero-order valence-electron chi connectivity index (χ0n) is 6.40. The van der Waals surface area contributed by atoms with Crippen LogP contribution in [0.25, 0.3) is 0 Å². The molecule has 0 saturated heterocycles. The van der Waals surface area contributed by atoms with Crippen molar-refractivity contribution in [2.45, 2.75) is 18.7 Å². The van der Waals surface area contributed by atoms with E-state index in [0.717, 1.165) is 16.8 Å². The van der Waals surface area contributed by atoms with Crippen molar-refractivity contribution in [2.24, 2.45) is 0 Å². The van der Waals surface area contributed by atoms with E-state index in [4.69, 9.17) is 11.6 Å². The fraction of sp³-hybridized carbons (Fsp3) is 0.333. The standard InChI is InChI=1S/C9H10BrCl/c1-2-7-3-4-9(11)5-8(7)6-10/h3-5H,2,6H2,1H3. The molecule has 0 N–H and O–H groups in total. The Labute approximate surface area is 80.7 Å². The molecule has 0 bridgehead atoms. The van der Waals surface area contributed by atoms with Crippen LogP contribution in [0.5, 0.6) is 0 Å². The van der Waals surface area contributed by atoms with Crippen molar-refractivity contribution in [3.05, 3.63) is 34.3 Å². The van der Waals surface area contributed by atoms with Crippen LogP contribution in [0, 0.1) is 0 Å². The molecule has 1 aromatic carbocycles. The summed E-state index contributed by atoms with van der Waals surface area (Å²) < 4.78 is 0. The average molecular weight is 234 g/mol. The van der Waals surface area contributed by atoms with Crippen molar-refractivity contribution in [3.63, 3.8) is 0 Å². The summed E-state index contributed by atoms with van der Waals surface area (Å²) in [5.74, 6) is 0. The van der Waals surface area contributed by atoms with Gasteiger partial charge >= 0.3 is 0 Å². The van der Waals surface area contributed by atoms with Gasteiger partial charge in [-0.3, -0.25) is 0 Å². The molecule has 0 aliphatic rings. The van der Waals surface area contributed by atoms with E-state index in [1.807, 2.05) is 12.1 Å². The van der Waals surface area contributed by atoms with Crippen molar-refractivity contribution >= 4 is 27.5 Å². The molecular formula is C9H10BrCl. The number of rotatable bonds is 2. The maximum atomic E-state index is 5.83. The van der Waals surface area contributed by atoms with Crippen molar-refractivity contribution in [1.29, 1.82) is 0 Å². The van der Waals surface area contributed by atoms with Crippen molar-refractivity contribution in [3.8, 4) is 0 Å². The van der Waals surface area contributed by atoms with Gasteiger partial charge in [0.15, 0.2) is 0 Å². The minimum atomic E-state index is 0.816. The first-order chi connectivity index (χ1) is 5.27. The predicted molar refractivity (Wildman–Crippen MR) is 53.5 cm³/mol. The molecule has 0 heterocycles. The van der Waals surface area contributed by atoms with Crippen LogP contribution >= 0.6 is 27.5 Å². The molecular weight excluding hydrogens is 223 g/mol. The smallest absolute Gasteiger partial charge is 0.0409 e. The van der Waals surface area contributed by atoms with Gasteiger partial charge in [-0.05, 0) is 29.7 Å². The quantitative estimate of drug-likeness (QED) is 0.682. The van der Waals surface area contributed by atoms with Gasteiger partial charge in [-0.1, -0.05) is 40.5 Å². The summed E-state index contributed by atoms with van der Waals surface area (Å²) in [7, 11) is 0. The lowest BCUT2D eigenvalue weighted by atomic mass is 10.1. The van der Waals surface area contributed by atoms with Crippen molar-refractivity contribution < 1.29 is 0 Å². The number of hydrogen-bond donors (Lipinski definition) is 0. The number of benzene rings is 1. The maximum absolute atomic E-state index is 5.83. The van der Waals surface area contributed by atoms with E-state index < -0.39 is 0 Å². The third kappa shape index (κ3) is 2.21. The average Bonchev–Trinajstić information content (AvgIpc) is 2.04. The molecule has 0 radical (unpaired) electrons. The Bertz CT molecular complexity index is 245. The number of halogens is 2. The van der Waals surface area contributed by atoms with Gasteiger partial charge in [-0.2, -0.15) is 0 Å². The largest absolute Gasteiger partial charge is 0.0876 e. The van der Waals surface area contributed by atoms with Crippen LogP contribution in [0.15, 0.2) is 18.2 Å². The van der Waals surface area contributed by atoms with E-state index in [9.17, 15) is 0 Å². The van der Waals surface area contributed by atoms with Crippen LogP contribution < -0.4 is 0 Å². The molecule has 0 fully saturated rings. The Morgan fingerprint density at radius 3 is 2.64 bits per heavy atom. The summed E-state index contributed by atoms with van der Waals surface area (Å²) in [6.45, 7) is 2.15. The Balaban J connectivity index is 3.06. The van der Waals surface area contributed by atoms with Gasteiger partial charge in [-0.15, -0.1) is 0 Å². The molecule has 0 aliphatic heterocycles. The number of hydrogen-bond acceptors (Lipinski definition) is 0. The molecule has 11 heavy (non-hydrogen) atoms. The van der Waals surface area contributed by atoms with Crippen LogP contribution in [-0.4, -0.2) is 0 Å². The third-order valence-electron chi connectivity index (χ3n) is 1.69. The molecule has 0 spiro atoms. The number of alkyl halides is 1. The minimum Gasteiger partial charge on any atom is -0.0876 e. The van der Waals surface area contributed by atoms with Gasteiger partial charge in [0.1, 0.15) is 0 Å². The summed E-state index contributed by atoms with van der Waals surface area (Å²) in [5.41, 5.74) is 2.66. The number of aryl methyl sites for hydroxylation is 1. The van der Waals surface area contributed by atoms with Crippen molar-refractivity contribution in [1.82, 2.24) is 0 Å². The molecule has 60 valence electrons. The normalized spacial score (nSPS) is 10.1. The Morgan fingerprint density at radius 1 is 1.36 bits per heavy atom. The summed E-state index contributed by atoms with van der Waals surface area (Å²) in [5, 5.41) is 1.70. The van der Waals surface area contributed by atoms with Gasteiger partial charge in [0.25, 0.3) is 0 Å². The highest BCUT2D eigenvalue weighted by Gasteiger charge is 1.98. The van der Waals surface area contributed by atoms with Crippen LogP contribution in [-0.2, 0) is 11.8 Å². The van der Waals surface area contributed by atoms with E-state index in [1.54, 1.807) is 0 Å². The lowest BCUT2D eigenvalue weighted by molar-refractivity contribution is 1.10. The predicted octanol–water partition coefficient (Wildman–Crippen LogP) is 3.80. The molecule has 1 aromatic rings. The monoisotopic (exact) mass is 232 g/mol. The van der Waals surface area contributed by atoms with Gasteiger partial charge in [-0.25, -0.2) is 0 Å². The van der Waals surface area contributed by atoms with Crippen LogP contribution in [0.3, 0.4) is 0 Å². The summed E-state index contributed by atoms with van der Waals surface area (Å²) in [6, 6.07) is 6.03. The van der Waals surface area contributed by atoms with E-state index >= 15 is 0 Å². The Morgan fingerprint density at radius 2 is 2.09 bits per heavy atom. The van der Waals surface area contributed by atoms with Crippen LogP contribution in [0.4, 0.5) is 0 Å². The molecule has 0 atom stereocenters. The highest BCUT2D eigenvalue weighted by molar-refractivity contribution is 9.08. The van der Waals surface area contributed by atoms with E-state index in [0.29, 0.717) is 0 Å². The molecule has 1 rings (SSSR count). The minimum absolute atomic E-state index is 0.816. The summed E-state index contributed by atoms with van der Waals surface area (Å²) in [4.78, 5) is 0. The molecule has 0 aliphatic carbocycles. The van der Waals surface area contributed by atoms with E-state index in [1.165, 1.54) is 11.1 Å². The molecule has 0 aromatic heterocycles. The highest BCUT2D eigenvalue weighted by atomic mass is 79.9. The van der Waals surface area contributed by atoms with Crippen LogP contribution in [0.2, 0.25) is 5.02 Å². The second-order valence-electron chi connectivity index (χ2n) is 2.40.